The molecule has 0 amide bonds. The van der Waals surface area contributed by atoms with Crippen LogP contribution in [-0.2, 0) is 6.54 Å². The molecule has 1 aromatic carbocycles. The van der Waals surface area contributed by atoms with Crippen molar-refractivity contribution in [3.63, 3.8) is 0 Å². The number of piperazine rings is 1. The van der Waals surface area contributed by atoms with Crippen LogP contribution in [0.5, 0.6) is 0 Å². The fourth-order valence-electron chi connectivity index (χ4n) is 2.50. The first-order chi connectivity index (χ1) is 9.86. The minimum absolute atomic E-state index is 0.589. The zero-order valence-corrected chi connectivity index (χ0v) is 11.4. The van der Waals surface area contributed by atoms with Crippen molar-refractivity contribution in [2.75, 3.05) is 36.0 Å². The first-order valence-corrected chi connectivity index (χ1v) is 6.93. The third kappa shape index (κ3) is 2.72. The fraction of sp³-hybridized carbons (Fsp3) is 0.333. The molecule has 2 heterocycles. The van der Waals surface area contributed by atoms with E-state index < -0.39 is 0 Å². The van der Waals surface area contributed by atoms with Crippen molar-refractivity contribution in [3.8, 4) is 0 Å². The Kier molecular flexibility index (Phi) is 3.78. The lowest BCUT2D eigenvalue weighted by Crippen LogP contribution is -2.47. The van der Waals surface area contributed by atoms with E-state index in [0.717, 1.165) is 32.1 Å². The summed E-state index contributed by atoms with van der Waals surface area (Å²) < 4.78 is 0. The molecule has 0 spiro atoms. The van der Waals surface area contributed by atoms with Gasteiger partial charge < -0.3 is 15.5 Å². The van der Waals surface area contributed by atoms with Crippen LogP contribution in [0.4, 0.5) is 11.6 Å². The van der Waals surface area contributed by atoms with Gasteiger partial charge in [0.1, 0.15) is 0 Å². The van der Waals surface area contributed by atoms with Crippen molar-refractivity contribution in [2.24, 2.45) is 5.73 Å². The van der Waals surface area contributed by atoms with Gasteiger partial charge in [-0.25, -0.2) is 9.97 Å². The number of hydrogen-bond acceptors (Lipinski definition) is 5. The van der Waals surface area contributed by atoms with Gasteiger partial charge in [0.25, 0.3) is 0 Å². The predicted molar refractivity (Wildman–Crippen MR) is 80.8 cm³/mol. The van der Waals surface area contributed by atoms with Gasteiger partial charge in [0.15, 0.2) is 0 Å². The third-order valence-corrected chi connectivity index (χ3v) is 3.63. The normalized spacial score (nSPS) is 15.4. The molecule has 1 saturated heterocycles. The summed E-state index contributed by atoms with van der Waals surface area (Å²) in [7, 11) is 0. The summed E-state index contributed by atoms with van der Waals surface area (Å²) in [6, 6.07) is 10.3. The lowest BCUT2D eigenvalue weighted by atomic mass is 10.1. The topological polar surface area (TPSA) is 58.3 Å². The molecule has 5 heteroatoms. The highest BCUT2D eigenvalue weighted by atomic mass is 15.3. The maximum absolute atomic E-state index is 5.70. The standard InChI is InChI=1S/C15H19N5/c16-12-13-3-1-4-14(11-13)19-7-9-20(10-8-19)15-17-5-2-6-18-15/h1-6,11H,7-10,12,16H2. The van der Waals surface area contributed by atoms with Crippen LogP contribution in [0, 0.1) is 0 Å². The summed E-state index contributed by atoms with van der Waals surface area (Å²) in [5.41, 5.74) is 8.13. The fourth-order valence-corrected chi connectivity index (χ4v) is 2.50. The molecular weight excluding hydrogens is 250 g/mol. The number of hydrogen-bond donors (Lipinski definition) is 1. The zero-order chi connectivity index (χ0) is 13.8. The van der Waals surface area contributed by atoms with Crippen molar-refractivity contribution >= 4 is 11.6 Å². The van der Waals surface area contributed by atoms with Gasteiger partial charge in [0, 0.05) is 50.8 Å². The maximum Gasteiger partial charge on any atom is 0.225 e. The Bertz CT molecular complexity index is 549. The molecule has 0 radical (unpaired) electrons. The van der Waals surface area contributed by atoms with Crippen molar-refractivity contribution in [2.45, 2.75) is 6.54 Å². The highest BCUT2D eigenvalue weighted by Crippen LogP contribution is 2.19. The van der Waals surface area contributed by atoms with Crippen LogP contribution in [0.1, 0.15) is 5.56 Å². The first-order valence-electron chi connectivity index (χ1n) is 6.93. The summed E-state index contributed by atoms with van der Waals surface area (Å²) in [4.78, 5) is 13.2. The highest BCUT2D eigenvalue weighted by Gasteiger charge is 2.18. The van der Waals surface area contributed by atoms with Gasteiger partial charge in [0.2, 0.25) is 5.95 Å². The Morgan fingerprint density at radius 1 is 0.950 bits per heavy atom. The van der Waals surface area contributed by atoms with E-state index in [2.05, 4.69) is 44.0 Å². The molecule has 0 saturated carbocycles. The van der Waals surface area contributed by atoms with E-state index >= 15 is 0 Å². The van der Waals surface area contributed by atoms with Crippen LogP contribution in [0.3, 0.4) is 0 Å². The average Bonchev–Trinajstić information content (AvgIpc) is 2.56. The number of nitrogens with two attached hydrogens (primary N) is 1. The second-order valence-electron chi connectivity index (χ2n) is 4.90. The van der Waals surface area contributed by atoms with Crippen LogP contribution >= 0.6 is 0 Å². The second-order valence-corrected chi connectivity index (χ2v) is 4.90. The zero-order valence-electron chi connectivity index (χ0n) is 11.4. The molecule has 1 aliphatic heterocycles. The summed E-state index contributed by atoms with van der Waals surface area (Å²) in [5, 5.41) is 0. The van der Waals surface area contributed by atoms with Crippen molar-refractivity contribution in [3.05, 3.63) is 48.3 Å². The molecule has 2 aromatic rings. The van der Waals surface area contributed by atoms with Gasteiger partial charge in [-0.3, -0.25) is 0 Å². The number of nitrogens with zero attached hydrogens (tertiary/aromatic N) is 4. The van der Waals surface area contributed by atoms with Gasteiger partial charge in [-0.2, -0.15) is 0 Å². The Balaban J connectivity index is 1.66. The van der Waals surface area contributed by atoms with E-state index in [9.17, 15) is 0 Å². The second kappa shape index (κ2) is 5.88. The lowest BCUT2D eigenvalue weighted by molar-refractivity contribution is 0.640. The van der Waals surface area contributed by atoms with Crippen LogP contribution in [-0.4, -0.2) is 36.1 Å². The number of rotatable bonds is 3. The van der Waals surface area contributed by atoms with Crippen LogP contribution in [0.15, 0.2) is 42.7 Å². The molecule has 3 rings (SSSR count). The first kappa shape index (κ1) is 12.9. The molecule has 1 aromatic heterocycles. The Morgan fingerprint density at radius 2 is 1.65 bits per heavy atom. The monoisotopic (exact) mass is 269 g/mol. The minimum atomic E-state index is 0.589. The Morgan fingerprint density at radius 3 is 2.35 bits per heavy atom. The number of benzene rings is 1. The van der Waals surface area contributed by atoms with Gasteiger partial charge in [0.05, 0.1) is 0 Å². The summed E-state index contributed by atoms with van der Waals surface area (Å²) in [6.45, 7) is 4.43. The maximum atomic E-state index is 5.70. The molecule has 1 fully saturated rings. The SMILES string of the molecule is NCc1cccc(N2CCN(c3ncccn3)CC2)c1. The van der Waals surface area contributed by atoms with Gasteiger partial charge in [-0.1, -0.05) is 12.1 Å². The van der Waals surface area contributed by atoms with E-state index in [4.69, 9.17) is 5.73 Å². The average molecular weight is 269 g/mol. The highest BCUT2D eigenvalue weighted by molar-refractivity contribution is 5.50. The summed E-state index contributed by atoms with van der Waals surface area (Å²) in [6.07, 6.45) is 3.58. The third-order valence-electron chi connectivity index (χ3n) is 3.63. The Hall–Kier alpha value is -2.14. The largest absolute Gasteiger partial charge is 0.368 e. The molecule has 0 unspecified atom stereocenters. The van der Waals surface area contributed by atoms with Crippen LogP contribution < -0.4 is 15.5 Å². The molecule has 0 atom stereocenters. The van der Waals surface area contributed by atoms with Gasteiger partial charge in [-0.05, 0) is 23.8 Å². The van der Waals surface area contributed by atoms with E-state index in [1.165, 1.54) is 11.3 Å². The quantitative estimate of drug-likeness (QED) is 0.909. The van der Waals surface area contributed by atoms with E-state index in [0.29, 0.717) is 6.54 Å². The van der Waals surface area contributed by atoms with Crippen LogP contribution in [0.2, 0.25) is 0 Å². The molecule has 0 bridgehead atoms. The molecule has 5 nitrogen and oxygen atoms in total. The predicted octanol–water partition coefficient (Wildman–Crippen LogP) is 1.26. The molecular formula is C15H19N5. The Labute approximate surface area is 119 Å². The van der Waals surface area contributed by atoms with Crippen LogP contribution in [0.25, 0.3) is 0 Å². The summed E-state index contributed by atoms with van der Waals surface area (Å²) in [5.74, 6) is 0.822. The van der Waals surface area contributed by atoms with Crippen molar-refractivity contribution in [1.29, 1.82) is 0 Å². The molecule has 20 heavy (non-hydrogen) atoms. The van der Waals surface area contributed by atoms with Crippen molar-refractivity contribution < 1.29 is 0 Å². The molecule has 1 aliphatic rings. The smallest absolute Gasteiger partial charge is 0.225 e. The van der Waals surface area contributed by atoms with E-state index in [1.54, 1.807) is 12.4 Å². The van der Waals surface area contributed by atoms with Gasteiger partial charge in [-0.15, -0.1) is 0 Å². The van der Waals surface area contributed by atoms with E-state index in [-0.39, 0.29) is 0 Å². The number of anilines is 2. The van der Waals surface area contributed by atoms with Crippen molar-refractivity contribution in [1.82, 2.24) is 9.97 Å². The molecule has 2 N–H and O–H groups in total. The molecule has 104 valence electrons. The summed E-state index contributed by atoms with van der Waals surface area (Å²) >= 11 is 0. The number of aromatic nitrogens is 2. The van der Waals surface area contributed by atoms with Gasteiger partial charge >= 0.3 is 0 Å². The molecule has 0 aliphatic carbocycles. The van der Waals surface area contributed by atoms with E-state index in [1.807, 2.05) is 6.07 Å². The lowest BCUT2D eigenvalue weighted by Gasteiger charge is -2.36. The minimum Gasteiger partial charge on any atom is -0.368 e.